The SMILES string of the molecule is CC[C@H](NC(=O)CCc1nc2ccccc2[nH]c1=O)c1cn2cccnc2n1. The molecule has 0 radical (unpaired) electrons. The summed E-state index contributed by atoms with van der Waals surface area (Å²) in [5.74, 6) is 0.448. The lowest BCUT2D eigenvalue weighted by molar-refractivity contribution is -0.121. The normalized spacial score (nSPS) is 12.3. The van der Waals surface area contributed by atoms with Crippen molar-refractivity contribution in [1.29, 1.82) is 0 Å². The fourth-order valence-electron chi connectivity index (χ4n) is 3.14. The molecule has 0 aliphatic rings. The number of benzene rings is 1. The third-order valence-corrected chi connectivity index (χ3v) is 4.61. The fraction of sp³-hybridized carbons (Fsp3) is 0.250. The first-order valence-electron chi connectivity index (χ1n) is 9.21. The molecular weight excluding hydrogens is 356 g/mol. The summed E-state index contributed by atoms with van der Waals surface area (Å²) in [6.45, 7) is 1.98. The highest BCUT2D eigenvalue weighted by Gasteiger charge is 2.17. The van der Waals surface area contributed by atoms with E-state index in [9.17, 15) is 9.59 Å². The molecule has 2 N–H and O–H groups in total. The Morgan fingerprint density at radius 2 is 2.11 bits per heavy atom. The number of H-pyrrole nitrogens is 1. The fourth-order valence-corrected chi connectivity index (χ4v) is 3.14. The summed E-state index contributed by atoms with van der Waals surface area (Å²) in [6, 6.07) is 8.95. The summed E-state index contributed by atoms with van der Waals surface area (Å²) in [6.07, 6.45) is 6.56. The average molecular weight is 376 g/mol. The van der Waals surface area contributed by atoms with E-state index in [2.05, 4.69) is 25.3 Å². The van der Waals surface area contributed by atoms with Crippen LogP contribution in [-0.4, -0.2) is 30.2 Å². The quantitative estimate of drug-likeness (QED) is 0.536. The van der Waals surface area contributed by atoms with Gasteiger partial charge in [0.25, 0.3) is 5.56 Å². The van der Waals surface area contributed by atoms with Gasteiger partial charge in [-0.3, -0.25) is 14.0 Å². The summed E-state index contributed by atoms with van der Waals surface area (Å²) in [5.41, 5.74) is 2.26. The van der Waals surface area contributed by atoms with Gasteiger partial charge in [0.2, 0.25) is 11.7 Å². The third kappa shape index (κ3) is 3.62. The molecular formula is C20H20N6O2. The Labute approximate surface area is 160 Å². The molecule has 1 atom stereocenters. The molecule has 0 saturated heterocycles. The molecule has 1 amide bonds. The molecule has 4 aromatic rings. The van der Waals surface area contributed by atoms with Crippen molar-refractivity contribution >= 4 is 22.7 Å². The molecule has 142 valence electrons. The standard InChI is InChI=1S/C20H20N6O2/c1-2-13(17-12-26-11-5-10-21-20(26)25-17)23-18(27)9-8-16-19(28)24-15-7-4-3-6-14(15)22-16/h3-7,10-13H,2,8-9H2,1H3,(H,23,27)(H,24,28)/t13-/m0/s1. The van der Waals surface area contributed by atoms with Crippen LogP contribution in [-0.2, 0) is 11.2 Å². The van der Waals surface area contributed by atoms with Crippen LogP contribution in [0.25, 0.3) is 16.8 Å². The predicted octanol–water partition coefficient (Wildman–Crippen LogP) is 2.17. The topological polar surface area (TPSA) is 105 Å². The zero-order valence-corrected chi connectivity index (χ0v) is 15.4. The minimum atomic E-state index is -0.259. The van der Waals surface area contributed by atoms with E-state index < -0.39 is 0 Å². The Hall–Kier alpha value is -3.55. The molecule has 0 fully saturated rings. The van der Waals surface area contributed by atoms with Gasteiger partial charge in [-0.2, -0.15) is 0 Å². The van der Waals surface area contributed by atoms with Crippen LogP contribution >= 0.6 is 0 Å². The number of nitrogens with one attached hydrogen (secondary N) is 2. The Morgan fingerprint density at radius 3 is 2.93 bits per heavy atom. The van der Waals surface area contributed by atoms with Crippen molar-refractivity contribution in [2.45, 2.75) is 32.2 Å². The Bertz CT molecular complexity index is 1160. The third-order valence-electron chi connectivity index (χ3n) is 4.61. The first-order chi connectivity index (χ1) is 13.6. The number of carbonyl (C=O) groups excluding carboxylic acids is 1. The first kappa shape index (κ1) is 17.8. The van der Waals surface area contributed by atoms with Crippen LogP contribution in [0.2, 0.25) is 0 Å². The van der Waals surface area contributed by atoms with Crippen LogP contribution in [0, 0.1) is 0 Å². The molecule has 0 aliphatic heterocycles. The van der Waals surface area contributed by atoms with Gasteiger partial charge in [0, 0.05) is 31.4 Å². The van der Waals surface area contributed by atoms with Gasteiger partial charge in [0.05, 0.1) is 22.8 Å². The second-order valence-corrected chi connectivity index (χ2v) is 6.55. The molecule has 8 nitrogen and oxygen atoms in total. The maximum atomic E-state index is 12.4. The highest BCUT2D eigenvalue weighted by molar-refractivity contribution is 5.77. The molecule has 28 heavy (non-hydrogen) atoms. The summed E-state index contributed by atoms with van der Waals surface area (Å²) >= 11 is 0. The van der Waals surface area contributed by atoms with Gasteiger partial charge in [-0.15, -0.1) is 0 Å². The number of hydrogen-bond acceptors (Lipinski definition) is 5. The van der Waals surface area contributed by atoms with Gasteiger partial charge in [-0.1, -0.05) is 19.1 Å². The molecule has 0 aliphatic carbocycles. The smallest absolute Gasteiger partial charge is 0.270 e. The minimum Gasteiger partial charge on any atom is -0.348 e. The van der Waals surface area contributed by atoms with E-state index in [-0.39, 0.29) is 30.3 Å². The Kier molecular flexibility index (Phi) is 4.84. The van der Waals surface area contributed by atoms with E-state index in [1.54, 1.807) is 12.3 Å². The number of para-hydroxylation sites is 2. The largest absolute Gasteiger partial charge is 0.348 e. The van der Waals surface area contributed by atoms with E-state index in [0.29, 0.717) is 28.9 Å². The van der Waals surface area contributed by atoms with Crippen molar-refractivity contribution < 1.29 is 4.79 Å². The van der Waals surface area contributed by atoms with E-state index >= 15 is 0 Å². The van der Waals surface area contributed by atoms with Crippen LogP contribution < -0.4 is 10.9 Å². The minimum absolute atomic E-state index is 0.147. The molecule has 1 aromatic carbocycles. The van der Waals surface area contributed by atoms with Gasteiger partial charge >= 0.3 is 0 Å². The number of imidazole rings is 1. The number of amides is 1. The molecule has 0 bridgehead atoms. The zero-order chi connectivity index (χ0) is 19.5. The number of rotatable bonds is 6. The van der Waals surface area contributed by atoms with Crippen LogP contribution in [0.4, 0.5) is 0 Å². The summed E-state index contributed by atoms with van der Waals surface area (Å²) in [7, 11) is 0. The van der Waals surface area contributed by atoms with Crippen LogP contribution in [0.1, 0.15) is 37.2 Å². The number of aromatic nitrogens is 5. The van der Waals surface area contributed by atoms with E-state index in [1.165, 1.54) is 0 Å². The monoisotopic (exact) mass is 376 g/mol. The van der Waals surface area contributed by atoms with Crippen molar-refractivity contribution in [2.24, 2.45) is 0 Å². The molecule has 0 saturated carbocycles. The predicted molar refractivity (Wildman–Crippen MR) is 105 cm³/mol. The van der Waals surface area contributed by atoms with Gasteiger partial charge < -0.3 is 10.3 Å². The second-order valence-electron chi connectivity index (χ2n) is 6.55. The number of nitrogens with zero attached hydrogens (tertiary/aromatic N) is 4. The Morgan fingerprint density at radius 1 is 1.25 bits per heavy atom. The summed E-state index contributed by atoms with van der Waals surface area (Å²) in [5, 5.41) is 2.99. The number of carbonyl (C=O) groups is 1. The van der Waals surface area contributed by atoms with Gasteiger partial charge in [-0.05, 0) is 24.6 Å². The first-order valence-corrected chi connectivity index (χ1v) is 9.21. The lowest BCUT2D eigenvalue weighted by Gasteiger charge is -2.14. The van der Waals surface area contributed by atoms with Gasteiger partial charge in [0.15, 0.2) is 0 Å². The van der Waals surface area contributed by atoms with Crippen molar-refractivity contribution in [3.05, 3.63) is 70.7 Å². The molecule has 0 unspecified atom stereocenters. The lowest BCUT2D eigenvalue weighted by atomic mass is 10.1. The van der Waals surface area contributed by atoms with Gasteiger partial charge in [0.1, 0.15) is 5.69 Å². The van der Waals surface area contributed by atoms with E-state index in [0.717, 1.165) is 5.69 Å². The number of fused-ring (bicyclic) bond motifs is 2. The van der Waals surface area contributed by atoms with E-state index in [4.69, 9.17) is 0 Å². The van der Waals surface area contributed by atoms with Crippen molar-refractivity contribution in [3.63, 3.8) is 0 Å². The lowest BCUT2D eigenvalue weighted by Crippen LogP contribution is -2.29. The number of aromatic amines is 1. The maximum absolute atomic E-state index is 12.4. The maximum Gasteiger partial charge on any atom is 0.270 e. The molecule has 0 spiro atoms. The molecule has 3 aromatic heterocycles. The van der Waals surface area contributed by atoms with Crippen LogP contribution in [0.3, 0.4) is 0 Å². The van der Waals surface area contributed by atoms with Crippen LogP contribution in [0.15, 0.2) is 53.7 Å². The van der Waals surface area contributed by atoms with Crippen molar-refractivity contribution in [1.82, 2.24) is 29.7 Å². The summed E-state index contributed by atoms with van der Waals surface area (Å²) in [4.78, 5) is 40.5. The number of hydrogen-bond donors (Lipinski definition) is 2. The molecule has 4 rings (SSSR count). The van der Waals surface area contributed by atoms with Crippen molar-refractivity contribution in [3.8, 4) is 0 Å². The highest BCUT2D eigenvalue weighted by atomic mass is 16.1. The van der Waals surface area contributed by atoms with Crippen LogP contribution in [0.5, 0.6) is 0 Å². The number of aryl methyl sites for hydroxylation is 1. The second kappa shape index (κ2) is 7.59. The van der Waals surface area contributed by atoms with Gasteiger partial charge in [-0.25, -0.2) is 15.0 Å². The van der Waals surface area contributed by atoms with E-state index in [1.807, 2.05) is 48.0 Å². The summed E-state index contributed by atoms with van der Waals surface area (Å²) < 4.78 is 1.82. The molecule has 3 heterocycles. The average Bonchev–Trinajstić information content (AvgIpc) is 3.14. The highest BCUT2D eigenvalue weighted by Crippen LogP contribution is 2.16. The zero-order valence-electron chi connectivity index (χ0n) is 15.4. The van der Waals surface area contributed by atoms with Crippen molar-refractivity contribution in [2.75, 3.05) is 0 Å². The Balaban J connectivity index is 1.44. The molecule has 8 heteroatoms.